The van der Waals surface area contributed by atoms with E-state index in [1.54, 1.807) is 19.2 Å². The Morgan fingerprint density at radius 2 is 2.10 bits per heavy atom. The molecule has 1 fully saturated rings. The van der Waals surface area contributed by atoms with Crippen molar-refractivity contribution in [2.24, 2.45) is 0 Å². The second-order valence-electron chi connectivity index (χ2n) is 4.46. The third kappa shape index (κ3) is 3.32. The molecule has 112 valence electrons. The molecule has 0 spiro atoms. The summed E-state index contributed by atoms with van der Waals surface area (Å²) in [6.07, 6.45) is -0.178. The highest BCUT2D eigenvalue weighted by Gasteiger charge is 2.32. The smallest absolute Gasteiger partial charge is 0.244 e. The van der Waals surface area contributed by atoms with E-state index in [4.69, 9.17) is 9.47 Å². The van der Waals surface area contributed by atoms with Gasteiger partial charge in [-0.05, 0) is 18.2 Å². The Labute approximate surface area is 127 Å². The van der Waals surface area contributed by atoms with Crippen LogP contribution in [0.15, 0.2) is 27.6 Å². The van der Waals surface area contributed by atoms with Crippen LogP contribution in [-0.4, -0.2) is 47.9 Å². The van der Waals surface area contributed by atoms with Crippen molar-refractivity contribution < 1.29 is 17.9 Å². The predicted molar refractivity (Wildman–Crippen MR) is 78.5 cm³/mol. The Bertz CT molecular complexity index is 579. The average molecular weight is 365 g/mol. The highest BCUT2D eigenvalue weighted by molar-refractivity contribution is 9.10. The summed E-state index contributed by atoms with van der Waals surface area (Å²) in [5, 5.41) is 3.09. The molecule has 1 saturated heterocycles. The normalized spacial score (nSPS) is 22.9. The molecule has 0 saturated carbocycles. The van der Waals surface area contributed by atoms with E-state index in [9.17, 15) is 8.42 Å². The van der Waals surface area contributed by atoms with E-state index in [0.717, 1.165) is 0 Å². The van der Waals surface area contributed by atoms with E-state index in [0.29, 0.717) is 23.3 Å². The first-order chi connectivity index (χ1) is 9.47. The minimum atomic E-state index is -3.68. The van der Waals surface area contributed by atoms with Crippen LogP contribution in [0.2, 0.25) is 0 Å². The number of hydrogen-bond acceptors (Lipinski definition) is 5. The number of ether oxygens (including phenoxy) is 2. The van der Waals surface area contributed by atoms with Crippen molar-refractivity contribution in [3.8, 4) is 5.75 Å². The number of rotatable bonds is 5. The van der Waals surface area contributed by atoms with Crippen LogP contribution in [0.25, 0.3) is 0 Å². The third-order valence-electron chi connectivity index (χ3n) is 3.18. The summed E-state index contributed by atoms with van der Waals surface area (Å²) in [6.45, 7) is 1.16. The van der Waals surface area contributed by atoms with Gasteiger partial charge in [-0.25, -0.2) is 13.1 Å². The third-order valence-corrected chi connectivity index (χ3v) is 5.19. The van der Waals surface area contributed by atoms with Crippen LogP contribution in [0.5, 0.6) is 5.75 Å². The van der Waals surface area contributed by atoms with Gasteiger partial charge in [0.15, 0.2) is 0 Å². The van der Waals surface area contributed by atoms with E-state index in [1.165, 1.54) is 13.2 Å². The lowest BCUT2D eigenvalue weighted by Crippen LogP contribution is -2.43. The van der Waals surface area contributed by atoms with E-state index in [1.807, 2.05) is 0 Å². The molecule has 1 aromatic carbocycles. The number of hydrogen-bond donors (Lipinski definition) is 2. The Kier molecular flexibility index (Phi) is 5.03. The van der Waals surface area contributed by atoms with E-state index < -0.39 is 10.0 Å². The Balaban J connectivity index is 2.28. The molecule has 8 heteroatoms. The van der Waals surface area contributed by atoms with E-state index in [2.05, 4.69) is 26.0 Å². The molecule has 1 aromatic rings. The Morgan fingerprint density at radius 3 is 2.75 bits per heavy atom. The summed E-state index contributed by atoms with van der Waals surface area (Å²) in [6, 6.07) is 4.56. The van der Waals surface area contributed by atoms with Gasteiger partial charge in [0, 0.05) is 24.7 Å². The standard InChI is InChI=1S/C12H17BrN2O4S/c1-18-10-4-3-8(13)5-12(10)20(16,17)15-9-6-14-7-11(9)19-2/h3-5,9,11,14-15H,6-7H2,1-2H3/t9?,11-/m0/s1. The van der Waals surface area contributed by atoms with Gasteiger partial charge in [0.1, 0.15) is 10.6 Å². The highest BCUT2D eigenvalue weighted by atomic mass is 79.9. The summed E-state index contributed by atoms with van der Waals surface area (Å²) in [4.78, 5) is 0.108. The van der Waals surface area contributed by atoms with Gasteiger partial charge in [-0.2, -0.15) is 0 Å². The molecule has 20 heavy (non-hydrogen) atoms. The molecule has 2 rings (SSSR count). The molecule has 1 aliphatic heterocycles. The lowest BCUT2D eigenvalue weighted by atomic mass is 10.2. The quantitative estimate of drug-likeness (QED) is 0.804. The van der Waals surface area contributed by atoms with Gasteiger partial charge in [0.2, 0.25) is 10.0 Å². The number of sulfonamides is 1. The van der Waals surface area contributed by atoms with Crippen LogP contribution in [0.1, 0.15) is 0 Å². The fourth-order valence-electron chi connectivity index (χ4n) is 2.14. The molecule has 1 heterocycles. The van der Waals surface area contributed by atoms with Gasteiger partial charge in [0.05, 0.1) is 19.3 Å². The van der Waals surface area contributed by atoms with Crippen LogP contribution in [0.3, 0.4) is 0 Å². The topological polar surface area (TPSA) is 76.7 Å². The second kappa shape index (κ2) is 6.40. The van der Waals surface area contributed by atoms with Gasteiger partial charge < -0.3 is 14.8 Å². The molecule has 0 aliphatic carbocycles. The predicted octanol–water partition coefficient (Wildman–Crippen LogP) is 0.723. The second-order valence-corrected chi connectivity index (χ2v) is 7.05. The number of nitrogens with one attached hydrogen (secondary N) is 2. The summed E-state index contributed by atoms with van der Waals surface area (Å²) in [5.74, 6) is 0.306. The molecule has 0 radical (unpaired) electrons. The van der Waals surface area contributed by atoms with Crippen LogP contribution in [-0.2, 0) is 14.8 Å². The fourth-order valence-corrected chi connectivity index (χ4v) is 4.11. The van der Waals surface area contributed by atoms with Crippen molar-refractivity contribution in [2.75, 3.05) is 27.3 Å². The maximum atomic E-state index is 12.5. The van der Waals surface area contributed by atoms with Gasteiger partial charge in [-0.1, -0.05) is 15.9 Å². The van der Waals surface area contributed by atoms with Crippen LogP contribution >= 0.6 is 15.9 Å². The molecule has 0 aromatic heterocycles. The van der Waals surface area contributed by atoms with Crippen LogP contribution in [0, 0.1) is 0 Å². The zero-order chi connectivity index (χ0) is 14.8. The van der Waals surface area contributed by atoms with E-state index >= 15 is 0 Å². The van der Waals surface area contributed by atoms with Crippen LogP contribution in [0.4, 0.5) is 0 Å². The maximum absolute atomic E-state index is 12.5. The van der Waals surface area contributed by atoms with Crippen molar-refractivity contribution in [1.29, 1.82) is 0 Å². The summed E-state index contributed by atoms with van der Waals surface area (Å²) in [5.41, 5.74) is 0. The first-order valence-corrected chi connectivity index (χ1v) is 8.35. The van der Waals surface area contributed by atoms with E-state index in [-0.39, 0.29) is 17.0 Å². The zero-order valence-corrected chi connectivity index (χ0v) is 13.6. The van der Waals surface area contributed by atoms with Crippen molar-refractivity contribution in [3.63, 3.8) is 0 Å². The molecule has 1 aliphatic rings. The summed E-state index contributed by atoms with van der Waals surface area (Å²) < 4.78 is 38.7. The van der Waals surface area contributed by atoms with Crippen molar-refractivity contribution in [3.05, 3.63) is 22.7 Å². The Hall–Kier alpha value is -0.670. The van der Waals surface area contributed by atoms with Gasteiger partial charge in [0.25, 0.3) is 0 Å². The van der Waals surface area contributed by atoms with Gasteiger partial charge in [-0.15, -0.1) is 0 Å². The highest BCUT2D eigenvalue weighted by Crippen LogP contribution is 2.27. The number of benzene rings is 1. The van der Waals surface area contributed by atoms with Gasteiger partial charge >= 0.3 is 0 Å². The minimum absolute atomic E-state index is 0.108. The first-order valence-electron chi connectivity index (χ1n) is 6.07. The van der Waals surface area contributed by atoms with Crippen molar-refractivity contribution in [1.82, 2.24) is 10.0 Å². The summed E-state index contributed by atoms with van der Waals surface area (Å²) in [7, 11) is -0.667. The molecule has 1 unspecified atom stereocenters. The van der Waals surface area contributed by atoms with Gasteiger partial charge in [-0.3, -0.25) is 0 Å². The maximum Gasteiger partial charge on any atom is 0.244 e. The number of halogens is 1. The lowest BCUT2D eigenvalue weighted by Gasteiger charge is -2.19. The monoisotopic (exact) mass is 364 g/mol. The van der Waals surface area contributed by atoms with Crippen molar-refractivity contribution in [2.45, 2.75) is 17.0 Å². The molecular formula is C12H17BrN2O4S. The van der Waals surface area contributed by atoms with Crippen LogP contribution < -0.4 is 14.8 Å². The zero-order valence-electron chi connectivity index (χ0n) is 11.2. The number of methoxy groups -OCH3 is 2. The largest absolute Gasteiger partial charge is 0.495 e. The Morgan fingerprint density at radius 1 is 1.35 bits per heavy atom. The lowest BCUT2D eigenvalue weighted by molar-refractivity contribution is 0.103. The minimum Gasteiger partial charge on any atom is -0.495 e. The molecular weight excluding hydrogens is 348 g/mol. The SMILES string of the molecule is COc1ccc(Br)cc1S(=O)(=O)NC1CNC[C@@H]1OC. The summed E-state index contributed by atoms with van der Waals surface area (Å²) >= 11 is 3.27. The molecule has 0 amide bonds. The van der Waals surface area contributed by atoms with Crippen molar-refractivity contribution >= 4 is 26.0 Å². The molecule has 2 N–H and O–H groups in total. The average Bonchev–Trinajstić information content (AvgIpc) is 2.85. The fraction of sp³-hybridized carbons (Fsp3) is 0.500. The molecule has 2 atom stereocenters. The molecule has 0 bridgehead atoms. The molecule has 6 nitrogen and oxygen atoms in total. The first kappa shape index (κ1) is 15.7.